The lowest BCUT2D eigenvalue weighted by molar-refractivity contribution is 0.00978. The highest BCUT2D eigenvalue weighted by atomic mass is 19.1. The molecule has 1 fully saturated rings. The molecule has 0 radical (unpaired) electrons. The summed E-state index contributed by atoms with van der Waals surface area (Å²) in [5.74, 6) is 0.141. The minimum absolute atomic E-state index is 0.278. The maximum Gasteiger partial charge on any atom is 0.226 e. The van der Waals surface area contributed by atoms with E-state index in [1.165, 1.54) is 12.1 Å². The monoisotopic (exact) mass is 319 g/mol. The van der Waals surface area contributed by atoms with Crippen molar-refractivity contribution >= 4 is 0 Å². The standard InChI is InChI=1S/C17H22FN3O2/c1-22-16-5-6-21(15(8-16)9-19)10-14-11-23-17(20-14)12-3-2-4-13(18)7-12/h2-4,7,11,15-16H,5-6,8-10,19H2,1H3. The summed E-state index contributed by atoms with van der Waals surface area (Å²) in [6, 6.07) is 6.53. The van der Waals surface area contributed by atoms with Gasteiger partial charge in [-0.05, 0) is 31.0 Å². The molecule has 3 rings (SSSR count). The van der Waals surface area contributed by atoms with Crippen molar-refractivity contribution in [1.82, 2.24) is 9.88 Å². The third-order valence-corrected chi connectivity index (χ3v) is 4.38. The number of aromatic nitrogens is 1. The minimum atomic E-state index is -0.299. The van der Waals surface area contributed by atoms with Gasteiger partial charge in [0, 0.05) is 38.3 Å². The molecule has 5 nitrogen and oxygen atoms in total. The van der Waals surface area contributed by atoms with Crippen LogP contribution < -0.4 is 5.73 Å². The lowest BCUT2D eigenvalue weighted by Gasteiger charge is -2.37. The predicted molar refractivity (Wildman–Crippen MR) is 85.2 cm³/mol. The van der Waals surface area contributed by atoms with Gasteiger partial charge in [0.15, 0.2) is 0 Å². The smallest absolute Gasteiger partial charge is 0.226 e. The predicted octanol–water partition coefficient (Wildman–Crippen LogP) is 2.42. The maximum atomic E-state index is 13.3. The Balaban J connectivity index is 1.69. The fourth-order valence-electron chi connectivity index (χ4n) is 3.07. The van der Waals surface area contributed by atoms with E-state index in [0.717, 1.165) is 25.1 Å². The number of nitrogens with two attached hydrogens (primary N) is 1. The number of halogens is 1. The van der Waals surface area contributed by atoms with E-state index in [-0.39, 0.29) is 18.0 Å². The van der Waals surface area contributed by atoms with Gasteiger partial charge in [0.2, 0.25) is 5.89 Å². The van der Waals surface area contributed by atoms with Gasteiger partial charge in [-0.3, -0.25) is 4.90 Å². The highest BCUT2D eigenvalue weighted by Crippen LogP contribution is 2.23. The molecule has 0 bridgehead atoms. The molecule has 1 aliphatic heterocycles. The van der Waals surface area contributed by atoms with Crippen molar-refractivity contribution in [3.8, 4) is 11.5 Å². The summed E-state index contributed by atoms with van der Waals surface area (Å²) >= 11 is 0. The van der Waals surface area contributed by atoms with Crippen LogP contribution in [0.2, 0.25) is 0 Å². The number of benzene rings is 1. The lowest BCUT2D eigenvalue weighted by Crippen LogP contribution is -2.48. The first-order valence-electron chi connectivity index (χ1n) is 7.87. The number of likely N-dealkylation sites (tertiary alicyclic amines) is 1. The second-order valence-corrected chi connectivity index (χ2v) is 5.90. The van der Waals surface area contributed by atoms with E-state index in [0.29, 0.717) is 24.5 Å². The van der Waals surface area contributed by atoms with Crippen LogP contribution in [-0.4, -0.2) is 42.2 Å². The molecule has 1 aliphatic rings. The Morgan fingerprint density at radius 2 is 2.35 bits per heavy atom. The summed E-state index contributed by atoms with van der Waals surface area (Å²) in [5.41, 5.74) is 7.37. The van der Waals surface area contributed by atoms with Crippen molar-refractivity contribution in [3.05, 3.63) is 42.0 Å². The summed E-state index contributed by atoms with van der Waals surface area (Å²) in [7, 11) is 1.75. The molecule has 0 aliphatic carbocycles. The highest BCUT2D eigenvalue weighted by Gasteiger charge is 2.28. The van der Waals surface area contributed by atoms with Crippen LogP contribution in [0, 0.1) is 5.82 Å². The number of oxazole rings is 1. The van der Waals surface area contributed by atoms with E-state index in [2.05, 4.69) is 9.88 Å². The first kappa shape index (κ1) is 16.1. The number of hydrogen-bond acceptors (Lipinski definition) is 5. The Bertz CT molecular complexity index is 646. The van der Waals surface area contributed by atoms with Gasteiger partial charge >= 0.3 is 0 Å². The normalized spacial score (nSPS) is 22.4. The van der Waals surface area contributed by atoms with Crippen LogP contribution in [0.15, 0.2) is 34.9 Å². The van der Waals surface area contributed by atoms with Crippen molar-refractivity contribution in [2.24, 2.45) is 5.73 Å². The summed E-state index contributed by atoms with van der Waals surface area (Å²) < 4.78 is 24.2. The fourth-order valence-corrected chi connectivity index (χ4v) is 3.07. The van der Waals surface area contributed by atoms with Gasteiger partial charge in [-0.2, -0.15) is 0 Å². The van der Waals surface area contributed by atoms with Gasteiger partial charge in [-0.15, -0.1) is 0 Å². The van der Waals surface area contributed by atoms with E-state index in [9.17, 15) is 4.39 Å². The van der Waals surface area contributed by atoms with E-state index < -0.39 is 0 Å². The van der Waals surface area contributed by atoms with Crippen LogP contribution in [0.3, 0.4) is 0 Å². The molecule has 0 spiro atoms. The molecule has 0 amide bonds. The van der Waals surface area contributed by atoms with Crippen LogP contribution in [-0.2, 0) is 11.3 Å². The zero-order valence-corrected chi connectivity index (χ0v) is 13.2. The van der Waals surface area contributed by atoms with E-state index >= 15 is 0 Å². The Morgan fingerprint density at radius 1 is 1.48 bits per heavy atom. The maximum absolute atomic E-state index is 13.3. The summed E-state index contributed by atoms with van der Waals surface area (Å²) in [6.07, 6.45) is 3.83. The molecule has 2 unspecified atom stereocenters. The number of methoxy groups -OCH3 is 1. The first-order chi connectivity index (χ1) is 11.2. The number of hydrogen-bond donors (Lipinski definition) is 1. The quantitative estimate of drug-likeness (QED) is 0.917. The molecular formula is C17H22FN3O2. The molecule has 1 aromatic carbocycles. The summed E-state index contributed by atoms with van der Waals surface area (Å²) in [5, 5.41) is 0. The fraction of sp³-hybridized carbons (Fsp3) is 0.471. The van der Waals surface area contributed by atoms with Crippen LogP contribution in [0.5, 0.6) is 0 Å². The van der Waals surface area contributed by atoms with Crippen molar-refractivity contribution in [3.63, 3.8) is 0 Å². The number of piperidine rings is 1. The van der Waals surface area contributed by atoms with Crippen molar-refractivity contribution < 1.29 is 13.5 Å². The summed E-state index contributed by atoms with van der Waals surface area (Å²) in [4.78, 5) is 6.78. The first-order valence-corrected chi connectivity index (χ1v) is 7.87. The second kappa shape index (κ2) is 7.21. The number of rotatable bonds is 5. The third-order valence-electron chi connectivity index (χ3n) is 4.38. The molecule has 124 valence electrons. The largest absolute Gasteiger partial charge is 0.444 e. The van der Waals surface area contributed by atoms with Crippen LogP contribution in [0.25, 0.3) is 11.5 Å². The summed E-state index contributed by atoms with van der Waals surface area (Å²) in [6.45, 7) is 2.19. The minimum Gasteiger partial charge on any atom is -0.444 e. The zero-order valence-electron chi connectivity index (χ0n) is 13.2. The lowest BCUT2D eigenvalue weighted by atomic mass is 9.99. The molecule has 2 N–H and O–H groups in total. The Labute approximate surface area is 135 Å². The molecule has 1 saturated heterocycles. The zero-order chi connectivity index (χ0) is 16.2. The Morgan fingerprint density at radius 3 is 3.09 bits per heavy atom. The number of nitrogens with zero attached hydrogens (tertiary/aromatic N) is 2. The Kier molecular flexibility index (Phi) is 5.05. The molecule has 6 heteroatoms. The third kappa shape index (κ3) is 3.77. The number of ether oxygens (including phenoxy) is 1. The van der Waals surface area contributed by atoms with Gasteiger partial charge in [-0.1, -0.05) is 6.07 Å². The van der Waals surface area contributed by atoms with Crippen LogP contribution in [0.1, 0.15) is 18.5 Å². The molecule has 23 heavy (non-hydrogen) atoms. The van der Waals surface area contributed by atoms with Gasteiger partial charge in [-0.25, -0.2) is 9.37 Å². The van der Waals surface area contributed by atoms with Crippen LogP contribution >= 0.6 is 0 Å². The molecule has 1 aromatic heterocycles. The molecule has 0 saturated carbocycles. The van der Waals surface area contributed by atoms with Gasteiger partial charge < -0.3 is 14.9 Å². The molecule has 2 atom stereocenters. The van der Waals surface area contributed by atoms with Crippen molar-refractivity contribution in [2.75, 3.05) is 20.2 Å². The van der Waals surface area contributed by atoms with Crippen molar-refractivity contribution in [1.29, 1.82) is 0 Å². The van der Waals surface area contributed by atoms with Gasteiger partial charge in [0.05, 0.1) is 11.8 Å². The van der Waals surface area contributed by atoms with Crippen LogP contribution in [0.4, 0.5) is 4.39 Å². The van der Waals surface area contributed by atoms with Crippen molar-refractivity contribution in [2.45, 2.75) is 31.5 Å². The average Bonchev–Trinajstić information content (AvgIpc) is 3.04. The van der Waals surface area contributed by atoms with E-state index in [4.69, 9.17) is 14.9 Å². The average molecular weight is 319 g/mol. The van der Waals surface area contributed by atoms with E-state index in [1.54, 1.807) is 25.5 Å². The molecular weight excluding hydrogens is 297 g/mol. The second-order valence-electron chi connectivity index (χ2n) is 5.90. The van der Waals surface area contributed by atoms with Gasteiger partial charge in [0.1, 0.15) is 12.1 Å². The topological polar surface area (TPSA) is 64.5 Å². The van der Waals surface area contributed by atoms with E-state index in [1.807, 2.05) is 0 Å². The molecule has 2 heterocycles. The van der Waals surface area contributed by atoms with Gasteiger partial charge in [0.25, 0.3) is 0 Å². The highest BCUT2D eigenvalue weighted by molar-refractivity contribution is 5.52. The molecule has 2 aromatic rings. The Hall–Kier alpha value is -1.76. The SMILES string of the molecule is COC1CCN(Cc2coc(-c3cccc(F)c3)n2)C(CN)C1.